The highest BCUT2D eigenvalue weighted by atomic mass is 35.5. The van der Waals surface area contributed by atoms with Crippen molar-refractivity contribution in [3.63, 3.8) is 0 Å². The van der Waals surface area contributed by atoms with Gasteiger partial charge in [0.2, 0.25) is 0 Å². The summed E-state index contributed by atoms with van der Waals surface area (Å²) in [4.78, 5) is 16.4. The quantitative estimate of drug-likeness (QED) is 0.734. The first-order valence-electron chi connectivity index (χ1n) is 2.09. The van der Waals surface area contributed by atoms with Crippen LogP contribution in [0.1, 0.15) is 10.5 Å². The number of nitrogens with two attached hydrogens (primary N) is 1. The van der Waals surface area contributed by atoms with Crippen molar-refractivity contribution in [2.75, 3.05) is 0 Å². The predicted molar refractivity (Wildman–Crippen MR) is 48.8 cm³/mol. The Morgan fingerprint density at radius 2 is 2.00 bits per heavy atom. The standard InChI is InChI=1S/C4H5N3O.3ClH/c5-4(8)3-1-6-2-7-3;;;/h1-2H,(H2,5,8)(H,6,7);3*1H. The molecule has 4 nitrogen and oxygen atoms in total. The number of hydrogen-bond acceptors (Lipinski definition) is 2. The highest BCUT2D eigenvalue weighted by molar-refractivity contribution is 5.90. The molecule has 0 atom stereocenters. The second-order valence-electron chi connectivity index (χ2n) is 1.33. The van der Waals surface area contributed by atoms with Crippen molar-refractivity contribution in [1.29, 1.82) is 0 Å². The van der Waals surface area contributed by atoms with Gasteiger partial charge in [0.25, 0.3) is 5.91 Å². The first-order valence-corrected chi connectivity index (χ1v) is 2.09. The number of carbonyl (C=O) groups is 1. The van der Waals surface area contributed by atoms with Crippen LogP contribution in [0.25, 0.3) is 0 Å². The Labute approximate surface area is 82.2 Å². The van der Waals surface area contributed by atoms with Crippen LogP contribution >= 0.6 is 37.2 Å². The Morgan fingerprint density at radius 1 is 1.45 bits per heavy atom. The van der Waals surface area contributed by atoms with E-state index < -0.39 is 5.91 Å². The summed E-state index contributed by atoms with van der Waals surface area (Å²) < 4.78 is 0. The van der Waals surface area contributed by atoms with Gasteiger partial charge in [-0.25, -0.2) is 4.98 Å². The summed E-state index contributed by atoms with van der Waals surface area (Å²) in [5.74, 6) is -0.484. The lowest BCUT2D eigenvalue weighted by atomic mass is 10.5. The van der Waals surface area contributed by atoms with E-state index in [1.54, 1.807) is 0 Å². The summed E-state index contributed by atoms with van der Waals surface area (Å²) in [6.45, 7) is 0. The molecule has 7 heteroatoms. The van der Waals surface area contributed by atoms with Crippen molar-refractivity contribution in [3.05, 3.63) is 18.2 Å². The topological polar surface area (TPSA) is 71.8 Å². The Bertz CT molecular complexity index is 188. The number of aromatic nitrogens is 2. The summed E-state index contributed by atoms with van der Waals surface area (Å²) in [7, 11) is 0. The minimum absolute atomic E-state index is 0. The van der Waals surface area contributed by atoms with Crippen molar-refractivity contribution in [2.45, 2.75) is 0 Å². The van der Waals surface area contributed by atoms with Gasteiger partial charge in [0.05, 0.1) is 12.5 Å². The van der Waals surface area contributed by atoms with Crippen LogP contribution in [0.15, 0.2) is 12.5 Å². The molecule has 66 valence electrons. The molecule has 1 heterocycles. The van der Waals surface area contributed by atoms with Crippen LogP contribution in [0.2, 0.25) is 0 Å². The molecule has 3 N–H and O–H groups in total. The number of H-pyrrole nitrogens is 1. The van der Waals surface area contributed by atoms with Crippen LogP contribution in [0, 0.1) is 0 Å². The van der Waals surface area contributed by atoms with E-state index in [0.717, 1.165) is 0 Å². The summed E-state index contributed by atoms with van der Waals surface area (Å²) in [5.41, 5.74) is 5.19. The number of imidazole rings is 1. The number of aromatic amines is 1. The molecular formula is C4H8Cl3N3O. The second-order valence-corrected chi connectivity index (χ2v) is 1.33. The lowest BCUT2D eigenvalue weighted by Crippen LogP contribution is -2.10. The maximum Gasteiger partial charge on any atom is 0.266 e. The maximum absolute atomic E-state index is 10.2. The Balaban J connectivity index is -0.000000213. The zero-order valence-electron chi connectivity index (χ0n) is 5.31. The first kappa shape index (κ1) is 16.9. The molecule has 0 saturated heterocycles. The molecule has 1 rings (SSSR count). The number of nitrogens with zero attached hydrogens (tertiary/aromatic N) is 1. The Hall–Kier alpha value is -0.450. The molecule has 11 heavy (non-hydrogen) atoms. The van der Waals surface area contributed by atoms with E-state index >= 15 is 0 Å². The lowest BCUT2D eigenvalue weighted by molar-refractivity contribution is 0.0996. The minimum atomic E-state index is -0.484. The van der Waals surface area contributed by atoms with Gasteiger partial charge in [-0.15, -0.1) is 37.2 Å². The Kier molecular flexibility index (Phi) is 11.7. The molecule has 0 aromatic carbocycles. The molecule has 1 amide bonds. The van der Waals surface area contributed by atoms with E-state index in [-0.39, 0.29) is 37.2 Å². The molecule has 0 saturated carbocycles. The summed E-state index contributed by atoms with van der Waals surface area (Å²) in [6.07, 6.45) is 2.78. The molecule has 0 aliphatic rings. The van der Waals surface area contributed by atoms with Crippen molar-refractivity contribution in [2.24, 2.45) is 5.73 Å². The smallest absolute Gasteiger partial charge is 0.266 e. The van der Waals surface area contributed by atoms with Crippen LogP contribution in [0.4, 0.5) is 0 Å². The number of amides is 1. The zero-order chi connectivity index (χ0) is 5.98. The monoisotopic (exact) mass is 219 g/mol. The molecule has 0 radical (unpaired) electrons. The second kappa shape index (κ2) is 7.65. The molecule has 0 spiro atoms. The summed E-state index contributed by atoms with van der Waals surface area (Å²) >= 11 is 0. The third-order valence-corrected chi connectivity index (χ3v) is 0.764. The van der Waals surface area contributed by atoms with E-state index in [4.69, 9.17) is 5.73 Å². The molecule has 1 aromatic heterocycles. The number of nitrogens with one attached hydrogen (secondary N) is 1. The van der Waals surface area contributed by atoms with Crippen molar-refractivity contribution in [1.82, 2.24) is 9.97 Å². The SMILES string of the molecule is Cl.Cl.Cl.NC(=O)c1cnc[nH]1. The van der Waals surface area contributed by atoms with E-state index in [2.05, 4.69) is 9.97 Å². The fourth-order valence-electron chi connectivity index (χ4n) is 0.391. The highest BCUT2D eigenvalue weighted by Gasteiger charge is 1.96. The number of halogens is 3. The van der Waals surface area contributed by atoms with Crippen molar-refractivity contribution < 1.29 is 4.79 Å². The van der Waals surface area contributed by atoms with Gasteiger partial charge in [-0.1, -0.05) is 0 Å². The van der Waals surface area contributed by atoms with Gasteiger partial charge >= 0.3 is 0 Å². The summed E-state index contributed by atoms with van der Waals surface area (Å²) in [5, 5.41) is 0. The average molecular weight is 220 g/mol. The van der Waals surface area contributed by atoms with Crippen LogP contribution in [-0.4, -0.2) is 15.9 Å². The van der Waals surface area contributed by atoms with Gasteiger partial charge in [0.15, 0.2) is 0 Å². The zero-order valence-corrected chi connectivity index (χ0v) is 7.76. The van der Waals surface area contributed by atoms with Crippen LogP contribution in [-0.2, 0) is 0 Å². The van der Waals surface area contributed by atoms with E-state index in [0.29, 0.717) is 5.69 Å². The highest BCUT2D eigenvalue weighted by Crippen LogP contribution is 1.85. The van der Waals surface area contributed by atoms with E-state index in [9.17, 15) is 4.79 Å². The fourth-order valence-corrected chi connectivity index (χ4v) is 0.391. The third kappa shape index (κ3) is 4.89. The molecule has 0 bridgehead atoms. The molecule has 0 unspecified atom stereocenters. The van der Waals surface area contributed by atoms with Gasteiger partial charge in [-0.2, -0.15) is 0 Å². The van der Waals surface area contributed by atoms with E-state index in [1.807, 2.05) is 0 Å². The summed E-state index contributed by atoms with van der Waals surface area (Å²) in [6, 6.07) is 0. The normalized spacial score (nSPS) is 6.55. The minimum Gasteiger partial charge on any atom is -0.364 e. The molecular weight excluding hydrogens is 212 g/mol. The van der Waals surface area contributed by atoms with Gasteiger partial charge in [-0.05, 0) is 0 Å². The van der Waals surface area contributed by atoms with Crippen molar-refractivity contribution >= 4 is 43.1 Å². The molecule has 1 aromatic rings. The first-order chi connectivity index (χ1) is 3.80. The molecule has 0 aliphatic carbocycles. The number of primary amides is 1. The third-order valence-electron chi connectivity index (χ3n) is 0.764. The van der Waals surface area contributed by atoms with Gasteiger partial charge in [0, 0.05) is 0 Å². The molecule has 0 fully saturated rings. The lowest BCUT2D eigenvalue weighted by Gasteiger charge is -1.80. The van der Waals surface area contributed by atoms with Crippen LogP contribution in [0.5, 0.6) is 0 Å². The number of hydrogen-bond donors (Lipinski definition) is 2. The van der Waals surface area contributed by atoms with Gasteiger partial charge < -0.3 is 10.7 Å². The van der Waals surface area contributed by atoms with Crippen molar-refractivity contribution in [3.8, 4) is 0 Å². The molecule has 0 aliphatic heterocycles. The number of carbonyl (C=O) groups excluding carboxylic acids is 1. The van der Waals surface area contributed by atoms with E-state index in [1.165, 1.54) is 12.5 Å². The maximum atomic E-state index is 10.2. The van der Waals surface area contributed by atoms with Gasteiger partial charge in [-0.3, -0.25) is 4.79 Å². The predicted octanol–water partition coefficient (Wildman–Crippen LogP) is 0.774. The van der Waals surface area contributed by atoms with Crippen LogP contribution in [0.3, 0.4) is 0 Å². The fraction of sp³-hybridized carbons (Fsp3) is 0. The average Bonchev–Trinajstić information content (AvgIpc) is 2.12. The van der Waals surface area contributed by atoms with Gasteiger partial charge in [0.1, 0.15) is 5.69 Å². The Morgan fingerprint density at radius 3 is 2.18 bits per heavy atom. The van der Waals surface area contributed by atoms with Crippen LogP contribution < -0.4 is 5.73 Å². The largest absolute Gasteiger partial charge is 0.364 e. The number of rotatable bonds is 1.